The van der Waals surface area contributed by atoms with E-state index in [1.54, 1.807) is 0 Å². The minimum absolute atomic E-state index is 0.0200. The Kier molecular flexibility index (Phi) is 8.54. The molecule has 2 amide bonds. The molecule has 1 saturated heterocycles. The number of rotatable bonds is 9. The second kappa shape index (κ2) is 10.9. The molecule has 6 heteroatoms. The Hall–Kier alpha value is -1.95. The van der Waals surface area contributed by atoms with E-state index in [0.29, 0.717) is 25.7 Å². The molecule has 0 saturated carbocycles. The number of nitrogens with one attached hydrogen (secondary N) is 1. The second-order valence-electron chi connectivity index (χ2n) is 6.93. The molecule has 0 aliphatic carbocycles. The quantitative estimate of drug-likeness (QED) is 0.686. The van der Waals surface area contributed by atoms with Crippen molar-refractivity contribution in [3.8, 4) is 5.75 Å². The molecule has 0 spiro atoms. The molecule has 2 rings (SSSR count). The average Bonchev–Trinajstić information content (AvgIpc) is 2.65. The van der Waals surface area contributed by atoms with Crippen LogP contribution in [-0.2, 0) is 4.74 Å². The first-order chi connectivity index (χ1) is 12.6. The minimum atomic E-state index is 0.0200. The van der Waals surface area contributed by atoms with Crippen molar-refractivity contribution in [3.05, 3.63) is 24.3 Å². The number of hydrogen-bond acceptors (Lipinski definition) is 4. The van der Waals surface area contributed by atoms with Crippen molar-refractivity contribution in [3.63, 3.8) is 0 Å². The summed E-state index contributed by atoms with van der Waals surface area (Å²) in [7, 11) is 0. The normalized spacial score (nSPS) is 14.6. The van der Waals surface area contributed by atoms with Crippen LogP contribution in [0.3, 0.4) is 0 Å². The minimum Gasteiger partial charge on any atom is -0.492 e. The van der Waals surface area contributed by atoms with Gasteiger partial charge in [0.2, 0.25) is 0 Å². The monoisotopic (exact) mass is 363 g/mol. The lowest BCUT2D eigenvalue weighted by atomic mass is 10.2. The molecule has 1 fully saturated rings. The number of urea groups is 1. The number of hydrogen-bond donors (Lipinski definition) is 1. The number of benzene rings is 1. The summed E-state index contributed by atoms with van der Waals surface area (Å²) in [4.78, 5) is 16.5. The number of amides is 2. The van der Waals surface area contributed by atoms with E-state index in [1.165, 1.54) is 0 Å². The second-order valence-corrected chi connectivity index (χ2v) is 6.93. The van der Waals surface area contributed by atoms with Crippen molar-refractivity contribution >= 4 is 11.7 Å². The van der Waals surface area contributed by atoms with Crippen LogP contribution in [-0.4, -0.2) is 63.5 Å². The van der Waals surface area contributed by atoms with Gasteiger partial charge in [-0.3, -0.25) is 0 Å². The highest BCUT2D eigenvalue weighted by Crippen LogP contribution is 2.28. The molecule has 0 unspecified atom stereocenters. The first kappa shape index (κ1) is 20.4. The molecule has 1 aliphatic heterocycles. The lowest BCUT2D eigenvalue weighted by molar-refractivity contribution is 0.107. The van der Waals surface area contributed by atoms with Gasteiger partial charge in [-0.05, 0) is 31.4 Å². The maximum Gasteiger partial charge on any atom is 0.317 e. The van der Waals surface area contributed by atoms with Crippen molar-refractivity contribution in [2.24, 2.45) is 5.92 Å². The van der Waals surface area contributed by atoms with E-state index in [1.807, 2.05) is 30.0 Å². The number of nitrogens with zero attached hydrogens (tertiary/aromatic N) is 2. The summed E-state index contributed by atoms with van der Waals surface area (Å²) in [6, 6.07) is 8.12. The largest absolute Gasteiger partial charge is 0.492 e. The number of piperazine rings is 1. The smallest absolute Gasteiger partial charge is 0.317 e. The predicted molar refractivity (Wildman–Crippen MR) is 105 cm³/mol. The van der Waals surface area contributed by atoms with E-state index in [0.717, 1.165) is 50.6 Å². The molecular formula is C20H33N3O3. The molecule has 26 heavy (non-hydrogen) atoms. The SMILES string of the molecule is CCOc1ccccc1N1CCN(C(=O)NCCCOCC(C)C)CC1. The van der Waals surface area contributed by atoms with Crippen LogP contribution in [0.5, 0.6) is 5.75 Å². The summed E-state index contributed by atoms with van der Waals surface area (Å²) in [6.07, 6.45) is 0.847. The van der Waals surface area contributed by atoms with Gasteiger partial charge in [0.25, 0.3) is 0 Å². The highest BCUT2D eigenvalue weighted by molar-refractivity contribution is 5.74. The Bertz CT molecular complexity index is 543. The van der Waals surface area contributed by atoms with E-state index in [2.05, 4.69) is 30.1 Å². The molecule has 0 radical (unpaired) electrons. The van der Waals surface area contributed by atoms with Gasteiger partial charge in [-0.15, -0.1) is 0 Å². The van der Waals surface area contributed by atoms with E-state index >= 15 is 0 Å². The van der Waals surface area contributed by atoms with Crippen LogP contribution in [0.4, 0.5) is 10.5 Å². The molecule has 0 bridgehead atoms. The van der Waals surface area contributed by atoms with E-state index in [9.17, 15) is 4.79 Å². The zero-order valence-electron chi connectivity index (χ0n) is 16.4. The molecule has 1 heterocycles. The Morgan fingerprint density at radius 1 is 1.19 bits per heavy atom. The molecule has 146 valence electrons. The fourth-order valence-corrected chi connectivity index (χ4v) is 2.95. The number of carbonyl (C=O) groups is 1. The van der Waals surface area contributed by atoms with Gasteiger partial charge in [0.1, 0.15) is 5.75 Å². The zero-order valence-corrected chi connectivity index (χ0v) is 16.4. The van der Waals surface area contributed by atoms with Crippen LogP contribution in [0.15, 0.2) is 24.3 Å². The van der Waals surface area contributed by atoms with Crippen LogP contribution >= 0.6 is 0 Å². The highest BCUT2D eigenvalue weighted by atomic mass is 16.5. The lowest BCUT2D eigenvalue weighted by Crippen LogP contribution is -2.52. The summed E-state index contributed by atoms with van der Waals surface area (Å²) in [5.41, 5.74) is 1.11. The summed E-state index contributed by atoms with van der Waals surface area (Å²) in [5, 5.41) is 2.99. The first-order valence-electron chi connectivity index (χ1n) is 9.69. The zero-order chi connectivity index (χ0) is 18.8. The standard InChI is InChI=1S/C20H33N3O3/c1-4-26-19-9-6-5-8-18(19)22-11-13-23(14-12-22)20(24)21-10-7-15-25-16-17(2)3/h5-6,8-9,17H,4,7,10-16H2,1-3H3,(H,21,24). The molecule has 1 N–H and O–H groups in total. The third-order valence-corrected chi connectivity index (χ3v) is 4.27. The summed E-state index contributed by atoms with van der Waals surface area (Å²) < 4.78 is 11.3. The molecule has 0 atom stereocenters. The average molecular weight is 364 g/mol. The van der Waals surface area contributed by atoms with Crippen LogP contribution in [0.25, 0.3) is 0 Å². The van der Waals surface area contributed by atoms with Crippen LogP contribution in [0.2, 0.25) is 0 Å². The molecule has 1 aromatic carbocycles. The fourth-order valence-electron chi connectivity index (χ4n) is 2.95. The van der Waals surface area contributed by atoms with Gasteiger partial charge in [0.05, 0.1) is 12.3 Å². The van der Waals surface area contributed by atoms with Gasteiger partial charge >= 0.3 is 6.03 Å². The molecule has 0 aromatic heterocycles. The molecule has 1 aromatic rings. The predicted octanol–water partition coefficient (Wildman–Crippen LogP) is 2.98. The Balaban J connectivity index is 1.70. The van der Waals surface area contributed by atoms with Crippen LogP contribution in [0.1, 0.15) is 27.2 Å². The summed E-state index contributed by atoms with van der Waals surface area (Å²) in [5.74, 6) is 1.46. The number of ether oxygens (including phenoxy) is 2. The van der Waals surface area contributed by atoms with Gasteiger partial charge in [-0.2, -0.15) is 0 Å². The van der Waals surface area contributed by atoms with Crippen molar-refractivity contribution in [1.82, 2.24) is 10.2 Å². The van der Waals surface area contributed by atoms with Gasteiger partial charge in [-0.25, -0.2) is 4.79 Å². The molecule has 1 aliphatic rings. The topological polar surface area (TPSA) is 54.0 Å². The number of anilines is 1. The Morgan fingerprint density at radius 3 is 2.62 bits per heavy atom. The number of para-hydroxylation sites is 2. The van der Waals surface area contributed by atoms with Crippen molar-refractivity contribution in [2.45, 2.75) is 27.2 Å². The highest BCUT2D eigenvalue weighted by Gasteiger charge is 2.22. The number of carbonyl (C=O) groups excluding carboxylic acids is 1. The van der Waals surface area contributed by atoms with Gasteiger partial charge < -0.3 is 24.6 Å². The third-order valence-electron chi connectivity index (χ3n) is 4.27. The van der Waals surface area contributed by atoms with E-state index in [4.69, 9.17) is 9.47 Å². The fraction of sp³-hybridized carbons (Fsp3) is 0.650. The maximum absolute atomic E-state index is 12.3. The third kappa shape index (κ3) is 6.41. The Labute approximate surface area is 157 Å². The molecule has 6 nitrogen and oxygen atoms in total. The summed E-state index contributed by atoms with van der Waals surface area (Å²) >= 11 is 0. The summed E-state index contributed by atoms with van der Waals surface area (Å²) in [6.45, 7) is 12.1. The van der Waals surface area contributed by atoms with E-state index < -0.39 is 0 Å². The van der Waals surface area contributed by atoms with Gasteiger partial charge in [-0.1, -0.05) is 26.0 Å². The van der Waals surface area contributed by atoms with Gasteiger partial charge in [0, 0.05) is 45.9 Å². The van der Waals surface area contributed by atoms with Crippen molar-refractivity contribution in [1.29, 1.82) is 0 Å². The first-order valence-corrected chi connectivity index (χ1v) is 9.69. The van der Waals surface area contributed by atoms with Gasteiger partial charge in [0.15, 0.2) is 0 Å². The van der Waals surface area contributed by atoms with Crippen molar-refractivity contribution in [2.75, 3.05) is 57.4 Å². The Morgan fingerprint density at radius 2 is 1.92 bits per heavy atom. The molecular weight excluding hydrogens is 330 g/mol. The van der Waals surface area contributed by atoms with Crippen molar-refractivity contribution < 1.29 is 14.3 Å². The maximum atomic E-state index is 12.3. The van der Waals surface area contributed by atoms with Crippen LogP contribution < -0.4 is 15.0 Å². The van der Waals surface area contributed by atoms with Crippen LogP contribution in [0, 0.1) is 5.92 Å². The lowest BCUT2D eigenvalue weighted by Gasteiger charge is -2.36. The van der Waals surface area contributed by atoms with E-state index in [-0.39, 0.29) is 6.03 Å².